The molecule has 0 aliphatic heterocycles. The first-order chi connectivity index (χ1) is 12.9. The highest BCUT2D eigenvalue weighted by Gasteiger charge is 2.33. The molecule has 0 spiro atoms. The van der Waals surface area contributed by atoms with Crippen LogP contribution < -0.4 is 5.32 Å². The second-order valence-corrected chi connectivity index (χ2v) is 6.41. The minimum Gasteiger partial charge on any atom is -0.317 e. The van der Waals surface area contributed by atoms with Crippen molar-refractivity contribution in [3.05, 3.63) is 59.4 Å². The minimum absolute atomic E-state index is 0.0116. The van der Waals surface area contributed by atoms with E-state index in [0.29, 0.717) is 16.8 Å². The third-order valence-electron chi connectivity index (χ3n) is 4.55. The van der Waals surface area contributed by atoms with Gasteiger partial charge in [-0.25, -0.2) is 4.79 Å². The molecule has 2 aromatic rings. The SMILES string of the molecule is C#Cc1ccc(NC(=O)N(Cc2ccnc(C(F)(F)F)c2)C2CCC2)cc1. The van der Waals surface area contributed by atoms with Gasteiger partial charge in [0.25, 0.3) is 0 Å². The molecule has 4 nitrogen and oxygen atoms in total. The van der Waals surface area contributed by atoms with Gasteiger partial charge in [-0.2, -0.15) is 13.2 Å². The van der Waals surface area contributed by atoms with Gasteiger partial charge in [-0.1, -0.05) is 5.92 Å². The lowest BCUT2D eigenvalue weighted by Gasteiger charge is -2.37. The maximum absolute atomic E-state index is 12.9. The summed E-state index contributed by atoms with van der Waals surface area (Å²) in [6.45, 7) is 0.0878. The summed E-state index contributed by atoms with van der Waals surface area (Å²) in [6, 6.07) is 8.96. The number of hydrogen-bond acceptors (Lipinski definition) is 2. The summed E-state index contributed by atoms with van der Waals surface area (Å²) in [5, 5.41) is 2.79. The highest BCUT2D eigenvalue weighted by molar-refractivity contribution is 5.89. The van der Waals surface area contributed by atoms with E-state index in [0.717, 1.165) is 31.5 Å². The van der Waals surface area contributed by atoms with E-state index in [2.05, 4.69) is 16.2 Å². The molecule has 1 aromatic heterocycles. The number of halogens is 3. The number of rotatable bonds is 4. The minimum atomic E-state index is -4.52. The van der Waals surface area contributed by atoms with E-state index in [1.165, 1.54) is 6.07 Å². The molecule has 2 amide bonds. The highest BCUT2D eigenvalue weighted by Crippen LogP contribution is 2.30. The van der Waals surface area contributed by atoms with E-state index >= 15 is 0 Å². The summed E-state index contributed by atoms with van der Waals surface area (Å²) >= 11 is 0. The summed E-state index contributed by atoms with van der Waals surface area (Å²) in [5.74, 6) is 2.50. The second-order valence-electron chi connectivity index (χ2n) is 6.41. The highest BCUT2D eigenvalue weighted by atomic mass is 19.4. The normalized spacial score (nSPS) is 14.1. The van der Waals surface area contributed by atoms with Crippen molar-refractivity contribution in [2.75, 3.05) is 5.32 Å². The molecule has 1 heterocycles. The van der Waals surface area contributed by atoms with Crippen molar-refractivity contribution in [2.24, 2.45) is 0 Å². The Bertz CT molecular complexity index is 852. The van der Waals surface area contributed by atoms with Gasteiger partial charge in [0.2, 0.25) is 0 Å². The number of hydrogen-bond donors (Lipinski definition) is 1. The Hall–Kier alpha value is -3.01. The zero-order chi connectivity index (χ0) is 19.4. The zero-order valence-corrected chi connectivity index (χ0v) is 14.5. The van der Waals surface area contributed by atoms with Gasteiger partial charge in [-0.05, 0) is 61.2 Å². The molecular weight excluding hydrogens is 355 g/mol. The van der Waals surface area contributed by atoms with Crippen LogP contribution in [-0.4, -0.2) is 22.0 Å². The van der Waals surface area contributed by atoms with Crippen LogP contribution in [0.3, 0.4) is 0 Å². The molecule has 1 fully saturated rings. The standard InChI is InChI=1S/C20H18F3N3O/c1-2-14-6-8-16(9-7-14)25-19(27)26(17-4-3-5-17)13-15-10-11-24-18(12-15)20(21,22)23/h1,6-12,17H,3-5,13H2,(H,25,27). The maximum Gasteiger partial charge on any atom is 0.433 e. The first kappa shape index (κ1) is 18.8. The second kappa shape index (κ2) is 7.70. The number of benzene rings is 1. The van der Waals surface area contributed by atoms with Crippen molar-refractivity contribution in [3.63, 3.8) is 0 Å². The van der Waals surface area contributed by atoms with E-state index in [-0.39, 0.29) is 18.6 Å². The van der Waals surface area contributed by atoms with Gasteiger partial charge in [0.1, 0.15) is 5.69 Å². The van der Waals surface area contributed by atoms with Gasteiger partial charge < -0.3 is 10.2 Å². The van der Waals surface area contributed by atoms with Gasteiger partial charge in [-0.3, -0.25) is 4.98 Å². The number of carbonyl (C=O) groups is 1. The molecule has 0 unspecified atom stereocenters. The number of aromatic nitrogens is 1. The van der Waals surface area contributed by atoms with Crippen molar-refractivity contribution >= 4 is 11.7 Å². The van der Waals surface area contributed by atoms with Gasteiger partial charge in [0, 0.05) is 30.0 Å². The Labute approximate surface area is 155 Å². The lowest BCUT2D eigenvalue weighted by atomic mass is 9.91. The van der Waals surface area contributed by atoms with E-state index in [4.69, 9.17) is 6.42 Å². The number of carbonyl (C=O) groups excluding carboxylic acids is 1. The van der Waals surface area contributed by atoms with Crippen LogP contribution in [0.1, 0.15) is 36.1 Å². The van der Waals surface area contributed by atoms with Crippen molar-refractivity contribution < 1.29 is 18.0 Å². The van der Waals surface area contributed by atoms with Gasteiger partial charge >= 0.3 is 12.2 Å². The van der Waals surface area contributed by atoms with Crippen LogP contribution in [0.2, 0.25) is 0 Å². The summed E-state index contributed by atoms with van der Waals surface area (Å²) in [5.41, 5.74) is 0.704. The average molecular weight is 373 g/mol. The van der Waals surface area contributed by atoms with Crippen LogP contribution in [0.4, 0.5) is 23.7 Å². The quantitative estimate of drug-likeness (QED) is 0.792. The fraction of sp³-hybridized carbons (Fsp3) is 0.300. The molecule has 0 radical (unpaired) electrons. The predicted molar refractivity (Wildman–Crippen MR) is 95.8 cm³/mol. The van der Waals surface area contributed by atoms with Crippen molar-refractivity contribution in [1.82, 2.24) is 9.88 Å². The van der Waals surface area contributed by atoms with Crippen LogP contribution in [0.15, 0.2) is 42.6 Å². The summed E-state index contributed by atoms with van der Waals surface area (Å²) in [7, 11) is 0. The lowest BCUT2D eigenvalue weighted by Crippen LogP contribution is -2.45. The third kappa shape index (κ3) is 4.59. The number of nitrogens with one attached hydrogen (secondary N) is 1. The van der Waals surface area contributed by atoms with Crippen molar-refractivity contribution in [3.8, 4) is 12.3 Å². The molecule has 1 aliphatic carbocycles. The number of pyridine rings is 1. The largest absolute Gasteiger partial charge is 0.433 e. The molecule has 27 heavy (non-hydrogen) atoms. The van der Waals surface area contributed by atoms with E-state index < -0.39 is 11.9 Å². The fourth-order valence-corrected chi connectivity index (χ4v) is 2.83. The van der Waals surface area contributed by atoms with E-state index in [1.54, 1.807) is 29.2 Å². The van der Waals surface area contributed by atoms with Crippen LogP contribution in [0, 0.1) is 12.3 Å². The Morgan fingerprint density at radius 1 is 1.26 bits per heavy atom. The third-order valence-corrected chi connectivity index (χ3v) is 4.55. The zero-order valence-electron chi connectivity index (χ0n) is 14.5. The molecular formula is C20H18F3N3O. The topological polar surface area (TPSA) is 45.2 Å². The number of amides is 2. The monoisotopic (exact) mass is 373 g/mol. The summed E-state index contributed by atoms with van der Waals surface area (Å²) < 4.78 is 38.6. The number of nitrogens with zero attached hydrogens (tertiary/aromatic N) is 2. The Kier molecular flexibility index (Phi) is 5.36. The Morgan fingerprint density at radius 3 is 2.52 bits per heavy atom. The lowest BCUT2D eigenvalue weighted by molar-refractivity contribution is -0.141. The molecule has 0 saturated heterocycles. The molecule has 1 saturated carbocycles. The van der Waals surface area contributed by atoms with E-state index in [9.17, 15) is 18.0 Å². The molecule has 1 aromatic carbocycles. The Morgan fingerprint density at radius 2 is 1.96 bits per heavy atom. The van der Waals surface area contributed by atoms with Crippen LogP contribution in [0.5, 0.6) is 0 Å². The first-order valence-electron chi connectivity index (χ1n) is 8.53. The molecule has 7 heteroatoms. The summed E-state index contributed by atoms with van der Waals surface area (Å²) in [6.07, 6.45) is 4.58. The van der Waals surface area contributed by atoms with Crippen LogP contribution in [0.25, 0.3) is 0 Å². The number of urea groups is 1. The molecule has 1 N–H and O–H groups in total. The van der Waals surface area contributed by atoms with Crippen LogP contribution >= 0.6 is 0 Å². The van der Waals surface area contributed by atoms with Gasteiger partial charge in [-0.15, -0.1) is 6.42 Å². The number of alkyl halides is 3. The van der Waals surface area contributed by atoms with Gasteiger partial charge in [0.05, 0.1) is 0 Å². The van der Waals surface area contributed by atoms with Gasteiger partial charge in [0.15, 0.2) is 0 Å². The summed E-state index contributed by atoms with van der Waals surface area (Å²) in [4.78, 5) is 17.7. The predicted octanol–water partition coefficient (Wildman–Crippen LogP) is 4.67. The first-order valence-corrected chi connectivity index (χ1v) is 8.53. The smallest absolute Gasteiger partial charge is 0.317 e. The number of terminal acetylenes is 1. The molecule has 3 rings (SSSR count). The number of anilines is 1. The van der Waals surface area contributed by atoms with Crippen LogP contribution in [-0.2, 0) is 12.7 Å². The Balaban J connectivity index is 1.76. The molecule has 140 valence electrons. The van der Waals surface area contributed by atoms with E-state index in [1.807, 2.05) is 0 Å². The molecule has 1 aliphatic rings. The fourth-order valence-electron chi connectivity index (χ4n) is 2.83. The van der Waals surface area contributed by atoms with Crippen molar-refractivity contribution in [1.29, 1.82) is 0 Å². The molecule has 0 atom stereocenters. The molecule has 0 bridgehead atoms. The van der Waals surface area contributed by atoms with Crippen molar-refractivity contribution in [2.45, 2.75) is 38.0 Å². The maximum atomic E-state index is 12.9. The average Bonchev–Trinajstić information content (AvgIpc) is 2.60.